The Kier molecular flexibility index (Phi) is 6.95. The summed E-state index contributed by atoms with van der Waals surface area (Å²) in [5.74, 6) is -0.320. The Balaban J connectivity index is 1.47. The first-order valence-corrected chi connectivity index (χ1v) is 12.1. The fraction of sp³-hybridized carbons (Fsp3) is 0.240. The van der Waals surface area contributed by atoms with Crippen LogP contribution in [0.3, 0.4) is 0 Å². The molecule has 34 heavy (non-hydrogen) atoms. The number of hydrogen-bond donors (Lipinski definition) is 0. The predicted octanol–water partition coefficient (Wildman–Crippen LogP) is 4.31. The Labute approximate surface area is 197 Å². The molecule has 9 heteroatoms. The lowest BCUT2D eigenvalue weighted by Crippen LogP contribution is -2.36. The number of alkyl halides is 2. The van der Waals surface area contributed by atoms with Gasteiger partial charge in [0, 0.05) is 32.2 Å². The summed E-state index contributed by atoms with van der Waals surface area (Å²) in [6, 6.07) is 19.8. The van der Waals surface area contributed by atoms with Gasteiger partial charge in [-0.3, -0.25) is 4.79 Å². The lowest BCUT2D eigenvalue weighted by atomic mass is 10.0. The summed E-state index contributed by atoms with van der Waals surface area (Å²) in [5, 5.41) is 0. The largest absolute Gasteiger partial charge is 0.435 e. The van der Waals surface area contributed by atoms with Gasteiger partial charge in [-0.1, -0.05) is 42.5 Å². The zero-order valence-electron chi connectivity index (χ0n) is 18.5. The number of amides is 1. The van der Waals surface area contributed by atoms with E-state index in [0.29, 0.717) is 25.1 Å². The number of ether oxygens (including phenoxy) is 1. The summed E-state index contributed by atoms with van der Waals surface area (Å²) in [5.41, 5.74) is 3.09. The van der Waals surface area contributed by atoms with Gasteiger partial charge >= 0.3 is 6.61 Å². The van der Waals surface area contributed by atoms with Crippen molar-refractivity contribution in [3.63, 3.8) is 0 Å². The van der Waals surface area contributed by atoms with E-state index in [1.54, 1.807) is 31.3 Å². The van der Waals surface area contributed by atoms with Gasteiger partial charge in [-0.2, -0.15) is 13.1 Å². The topological polar surface area (TPSA) is 66.9 Å². The molecule has 0 N–H and O–H groups in total. The third-order valence-electron chi connectivity index (χ3n) is 5.73. The number of fused-ring (bicyclic) bond motifs is 1. The Morgan fingerprint density at radius 2 is 1.74 bits per heavy atom. The van der Waals surface area contributed by atoms with E-state index in [1.165, 1.54) is 33.5 Å². The molecular weight excluding hydrogens is 462 g/mol. The second-order valence-corrected chi connectivity index (χ2v) is 10.0. The van der Waals surface area contributed by atoms with Crippen molar-refractivity contribution in [1.29, 1.82) is 0 Å². The summed E-state index contributed by atoms with van der Waals surface area (Å²) in [7, 11) is -2.18. The van der Waals surface area contributed by atoms with E-state index in [2.05, 4.69) is 4.74 Å². The van der Waals surface area contributed by atoms with Gasteiger partial charge in [0.25, 0.3) is 5.91 Å². The number of sulfonamides is 1. The molecule has 0 saturated heterocycles. The predicted molar refractivity (Wildman–Crippen MR) is 123 cm³/mol. The monoisotopic (exact) mass is 486 g/mol. The van der Waals surface area contributed by atoms with Crippen molar-refractivity contribution in [3.05, 3.63) is 95.1 Å². The van der Waals surface area contributed by atoms with Crippen molar-refractivity contribution in [2.75, 3.05) is 13.6 Å². The highest BCUT2D eigenvalue weighted by Crippen LogP contribution is 2.26. The zero-order chi connectivity index (χ0) is 24.3. The maximum absolute atomic E-state index is 13.3. The van der Waals surface area contributed by atoms with Gasteiger partial charge in [-0.05, 0) is 53.4 Å². The van der Waals surface area contributed by atoms with Gasteiger partial charge in [-0.25, -0.2) is 8.42 Å². The second kappa shape index (κ2) is 9.90. The summed E-state index contributed by atoms with van der Waals surface area (Å²) in [6.45, 7) is -2.02. The van der Waals surface area contributed by atoms with Gasteiger partial charge in [0.05, 0.1) is 4.90 Å². The Bertz CT molecular complexity index is 1280. The summed E-state index contributed by atoms with van der Waals surface area (Å²) >= 11 is 0. The molecule has 0 atom stereocenters. The minimum atomic E-state index is -3.77. The number of hydrogen-bond acceptors (Lipinski definition) is 4. The highest BCUT2D eigenvalue weighted by atomic mass is 32.2. The standard InChI is InChI=1S/C25H24F2N2O4S/c1-28(16-18-9-11-22(12-10-18)33-25(26)27)24(30)20-7-4-8-23(15-20)34(31,32)29-14-13-19-5-2-3-6-21(19)17-29/h2-12,15,25H,13-14,16-17H2,1H3. The van der Waals surface area contributed by atoms with Crippen LogP contribution >= 0.6 is 0 Å². The van der Waals surface area contributed by atoms with Crippen molar-refractivity contribution in [1.82, 2.24) is 9.21 Å². The molecule has 3 aromatic rings. The Hall–Kier alpha value is -3.30. The van der Waals surface area contributed by atoms with E-state index >= 15 is 0 Å². The fourth-order valence-corrected chi connectivity index (χ4v) is 5.42. The first-order valence-electron chi connectivity index (χ1n) is 10.7. The lowest BCUT2D eigenvalue weighted by molar-refractivity contribution is -0.0498. The number of rotatable bonds is 7. The molecule has 0 saturated carbocycles. The van der Waals surface area contributed by atoms with E-state index in [9.17, 15) is 22.0 Å². The van der Waals surface area contributed by atoms with Gasteiger partial charge in [-0.15, -0.1) is 0 Å². The molecule has 1 aliphatic heterocycles. The van der Waals surface area contributed by atoms with Gasteiger partial charge in [0.1, 0.15) is 5.75 Å². The molecule has 6 nitrogen and oxygen atoms in total. The Morgan fingerprint density at radius 1 is 1.03 bits per heavy atom. The number of carbonyl (C=O) groups excluding carboxylic acids is 1. The fourth-order valence-electron chi connectivity index (χ4n) is 3.96. The molecule has 0 aliphatic carbocycles. The molecule has 4 rings (SSSR count). The molecule has 0 spiro atoms. The smallest absolute Gasteiger partial charge is 0.387 e. The average molecular weight is 487 g/mol. The van der Waals surface area contributed by atoms with Crippen LogP contribution in [-0.4, -0.2) is 43.7 Å². The minimum Gasteiger partial charge on any atom is -0.435 e. The third kappa shape index (κ3) is 5.26. The molecule has 0 fully saturated rings. The summed E-state index contributed by atoms with van der Waals surface area (Å²) in [4.78, 5) is 14.5. The molecule has 1 amide bonds. The Morgan fingerprint density at radius 3 is 2.44 bits per heavy atom. The van der Waals surface area contributed by atoms with Crippen LogP contribution < -0.4 is 4.74 Å². The third-order valence-corrected chi connectivity index (χ3v) is 7.57. The van der Waals surface area contributed by atoms with E-state index in [-0.39, 0.29) is 28.7 Å². The van der Waals surface area contributed by atoms with Crippen molar-refractivity contribution in [2.24, 2.45) is 0 Å². The van der Waals surface area contributed by atoms with Crippen LogP contribution in [0.2, 0.25) is 0 Å². The van der Waals surface area contributed by atoms with Gasteiger partial charge in [0.2, 0.25) is 10.0 Å². The van der Waals surface area contributed by atoms with Crippen LogP contribution in [0, 0.1) is 0 Å². The van der Waals surface area contributed by atoms with Crippen LogP contribution in [0.5, 0.6) is 5.75 Å². The van der Waals surface area contributed by atoms with Crippen molar-refractivity contribution in [3.8, 4) is 5.75 Å². The maximum Gasteiger partial charge on any atom is 0.387 e. The average Bonchev–Trinajstić information content (AvgIpc) is 2.84. The molecular formula is C25H24F2N2O4S. The van der Waals surface area contributed by atoms with Crippen LogP contribution in [-0.2, 0) is 29.5 Å². The molecule has 0 radical (unpaired) electrons. The van der Waals surface area contributed by atoms with Crippen LogP contribution in [0.25, 0.3) is 0 Å². The normalized spacial score (nSPS) is 14.0. The maximum atomic E-state index is 13.3. The highest BCUT2D eigenvalue weighted by molar-refractivity contribution is 7.89. The van der Waals surface area contributed by atoms with E-state index in [4.69, 9.17) is 0 Å². The molecule has 1 aliphatic rings. The number of carbonyl (C=O) groups is 1. The number of halogens is 2. The van der Waals surface area contributed by atoms with Gasteiger partial charge < -0.3 is 9.64 Å². The van der Waals surface area contributed by atoms with Crippen LogP contribution in [0.1, 0.15) is 27.0 Å². The molecule has 0 unspecified atom stereocenters. The van der Waals surface area contributed by atoms with E-state index < -0.39 is 16.6 Å². The number of nitrogens with zero attached hydrogens (tertiary/aromatic N) is 2. The molecule has 1 heterocycles. The van der Waals surface area contributed by atoms with E-state index in [0.717, 1.165) is 11.1 Å². The van der Waals surface area contributed by atoms with Crippen molar-refractivity contribution in [2.45, 2.75) is 31.0 Å². The quantitative estimate of drug-likeness (QED) is 0.499. The summed E-state index contributed by atoms with van der Waals surface area (Å²) in [6.07, 6.45) is 0.637. The summed E-state index contributed by atoms with van der Waals surface area (Å²) < 4.78 is 56.9. The van der Waals surface area contributed by atoms with E-state index in [1.807, 2.05) is 24.3 Å². The zero-order valence-corrected chi connectivity index (χ0v) is 19.3. The minimum absolute atomic E-state index is 0.0333. The van der Waals surface area contributed by atoms with Gasteiger partial charge in [0.15, 0.2) is 0 Å². The first kappa shape index (κ1) is 23.8. The van der Waals surface area contributed by atoms with Crippen LogP contribution in [0.4, 0.5) is 8.78 Å². The lowest BCUT2D eigenvalue weighted by Gasteiger charge is -2.28. The SMILES string of the molecule is CN(Cc1ccc(OC(F)F)cc1)C(=O)c1cccc(S(=O)(=O)N2CCc3ccccc3C2)c1. The highest BCUT2D eigenvalue weighted by Gasteiger charge is 2.29. The molecule has 3 aromatic carbocycles. The second-order valence-electron chi connectivity index (χ2n) is 8.07. The molecule has 178 valence electrons. The molecule has 0 aromatic heterocycles. The van der Waals surface area contributed by atoms with Crippen molar-refractivity contribution < 1.29 is 26.7 Å². The first-order chi connectivity index (χ1) is 16.2. The molecule has 0 bridgehead atoms. The van der Waals surface area contributed by atoms with Crippen LogP contribution in [0.15, 0.2) is 77.7 Å². The number of benzene rings is 3. The van der Waals surface area contributed by atoms with Crippen molar-refractivity contribution >= 4 is 15.9 Å².